The zero-order valence-corrected chi connectivity index (χ0v) is 15.3. The van der Waals surface area contributed by atoms with E-state index in [-0.39, 0.29) is 32.3 Å². The molecule has 0 saturated carbocycles. The van der Waals surface area contributed by atoms with Crippen molar-refractivity contribution >= 4 is 47.4 Å². The summed E-state index contributed by atoms with van der Waals surface area (Å²) in [5.41, 5.74) is 1.73. The van der Waals surface area contributed by atoms with Crippen LogP contribution in [0.25, 0.3) is 6.08 Å². The summed E-state index contributed by atoms with van der Waals surface area (Å²) in [7, 11) is 0. The number of allylic oxidation sites excluding steroid dienone is 4. The Morgan fingerprint density at radius 2 is 1.96 bits per heavy atom. The molecule has 0 aliphatic carbocycles. The van der Waals surface area contributed by atoms with Gasteiger partial charge in [-0.25, -0.2) is 0 Å². The molecule has 23 heavy (non-hydrogen) atoms. The van der Waals surface area contributed by atoms with Gasteiger partial charge in [0.15, 0.2) is 5.78 Å². The third-order valence-electron chi connectivity index (χ3n) is 3.29. The molecule has 2 heterocycles. The van der Waals surface area contributed by atoms with Crippen molar-refractivity contribution in [1.82, 2.24) is 0 Å². The number of thiophene rings is 1. The van der Waals surface area contributed by atoms with E-state index in [2.05, 4.69) is 33.8 Å². The Morgan fingerprint density at radius 3 is 2.61 bits per heavy atom. The van der Waals surface area contributed by atoms with Gasteiger partial charge < -0.3 is 5.11 Å². The van der Waals surface area contributed by atoms with Gasteiger partial charge in [-0.1, -0.05) is 38.9 Å². The summed E-state index contributed by atoms with van der Waals surface area (Å²) < 4.78 is 3.40. The minimum atomic E-state index is -0.265. The van der Waals surface area contributed by atoms with Crippen molar-refractivity contribution in [3.05, 3.63) is 80.1 Å². The second-order valence-corrected chi connectivity index (χ2v) is 8.48. The van der Waals surface area contributed by atoms with Crippen molar-refractivity contribution in [2.75, 3.05) is 0 Å². The van der Waals surface area contributed by atoms with E-state index in [0.29, 0.717) is 6.42 Å². The molecule has 2 aromatic rings. The number of phenols is 1. The van der Waals surface area contributed by atoms with Crippen LogP contribution in [-0.4, -0.2) is 14.4 Å². The maximum absolute atomic E-state index is 12.3. The number of halogens is 1. The molecule has 2 nitrogen and oxygen atoms in total. The summed E-state index contributed by atoms with van der Waals surface area (Å²) in [6.07, 6.45) is 8.62. The first-order valence-corrected chi connectivity index (χ1v) is 10.3. The molecule has 0 fully saturated rings. The van der Waals surface area contributed by atoms with E-state index in [1.54, 1.807) is 35.6 Å². The Hall–Kier alpha value is -1.79. The molecule has 0 bridgehead atoms. The molecule has 1 N–H and O–H groups in total. The van der Waals surface area contributed by atoms with Gasteiger partial charge in [0.2, 0.25) is 0 Å². The van der Waals surface area contributed by atoms with Crippen LogP contribution in [0.5, 0.6) is 5.75 Å². The second kappa shape index (κ2) is 7.66. The molecule has 0 spiro atoms. The van der Waals surface area contributed by atoms with Gasteiger partial charge in [-0.2, -0.15) is 0 Å². The number of aromatic hydroxyl groups is 1. The normalized spacial score (nSPS) is 14.3. The molecule has 1 aliphatic heterocycles. The molecule has 3 rings (SSSR count). The summed E-state index contributed by atoms with van der Waals surface area (Å²) >= 11 is 1.45. The Balaban J connectivity index is 1.64. The summed E-state index contributed by atoms with van der Waals surface area (Å²) in [4.78, 5) is 13.6. The summed E-state index contributed by atoms with van der Waals surface area (Å²) in [5, 5.41) is 11.3. The Morgan fingerprint density at radius 1 is 1.13 bits per heavy atom. The van der Waals surface area contributed by atoms with E-state index >= 15 is 0 Å². The van der Waals surface area contributed by atoms with E-state index in [1.165, 1.54) is 8.39 Å². The van der Waals surface area contributed by atoms with E-state index in [0.717, 1.165) is 11.1 Å². The van der Waals surface area contributed by atoms with Crippen molar-refractivity contribution in [3.8, 4) is 5.75 Å². The highest BCUT2D eigenvalue weighted by Crippen LogP contribution is 2.20. The van der Waals surface area contributed by atoms with E-state index in [4.69, 9.17) is 0 Å². The summed E-state index contributed by atoms with van der Waals surface area (Å²) in [5.74, 6) is 0.355. The van der Waals surface area contributed by atoms with E-state index in [9.17, 15) is 9.90 Å². The fourth-order valence-electron chi connectivity index (χ4n) is 2.06. The van der Waals surface area contributed by atoms with Gasteiger partial charge in [0.1, 0.15) is 5.75 Å². The molecule has 0 radical (unpaired) electrons. The third kappa shape index (κ3) is 4.59. The topological polar surface area (TPSA) is 37.3 Å². The van der Waals surface area contributed by atoms with Crippen LogP contribution >= 0.6 is 32.1 Å². The van der Waals surface area contributed by atoms with Crippen molar-refractivity contribution in [1.29, 1.82) is 0 Å². The lowest BCUT2D eigenvalue weighted by Gasteiger charge is -2.05. The number of rotatable bonds is 5. The number of hydrogen-bond donors (Lipinski definition) is 1. The lowest BCUT2D eigenvalue weighted by atomic mass is 10.0. The largest absolute Gasteiger partial charge is 0.508 e. The van der Waals surface area contributed by atoms with E-state index in [1.807, 2.05) is 12.1 Å². The first-order valence-electron chi connectivity index (χ1n) is 7.12. The van der Waals surface area contributed by atoms with Crippen LogP contribution in [0.1, 0.15) is 10.4 Å². The highest BCUT2D eigenvalue weighted by Gasteiger charge is 2.09. The van der Waals surface area contributed by atoms with Gasteiger partial charge in [-0.3, -0.25) is 4.79 Å². The highest BCUT2D eigenvalue weighted by atomic mass is 127. The average molecular weight is 434 g/mol. The number of carbonyl (C=O) groups excluding carboxylic acids is 1. The lowest BCUT2D eigenvalue weighted by Crippen LogP contribution is -2.06. The molecule has 0 unspecified atom stereocenters. The fourth-order valence-corrected chi connectivity index (χ4v) is 4.70. The zero-order chi connectivity index (χ0) is 16.1. The SMILES string of the molecule is O=C(Cc1ccc(O)cc1)C1=CI=C(/C=C/c2cccs2)C=C1. The minimum Gasteiger partial charge on any atom is -0.508 e. The molecular weight excluding hydrogens is 419 g/mol. The fraction of sp³-hybridized carbons (Fsp3) is 0.0526. The summed E-state index contributed by atoms with van der Waals surface area (Å²) in [6, 6.07) is 10.9. The van der Waals surface area contributed by atoms with Crippen LogP contribution in [0.3, 0.4) is 0 Å². The number of phenolic OH excluding ortho intramolecular Hbond substituents is 1. The number of benzene rings is 1. The monoisotopic (exact) mass is 434 g/mol. The number of ketones is 1. The third-order valence-corrected chi connectivity index (χ3v) is 6.55. The van der Waals surface area contributed by atoms with Gasteiger partial charge in [-0.15, -0.1) is 11.3 Å². The minimum absolute atomic E-state index is 0.132. The molecule has 1 aliphatic rings. The molecule has 4 heteroatoms. The van der Waals surface area contributed by atoms with Crippen LogP contribution in [0.15, 0.2) is 69.7 Å². The number of hydrogen-bond acceptors (Lipinski definition) is 3. The maximum atomic E-state index is 12.3. The van der Waals surface area contributed by atoms with Gasteiger partial charge in [-0.05, 0) is 57.5 Å². The Labute approximate surface area is 149 Å². The van der Waals surface area contributed by atoms with Crippen LogP contribution in [-0.2, 0) is 11.2 Å². The standard InChI is InChI=1S/C19H15IO2S/c21-17-8-3-14(4-9-17)12-19(22)15-5-6-16(20-13-15)7-10-18-2-1-11-23-18/h1-11,13,21H,12H2/b10-7+. The van der Waals surface area contributed by atoms with Crippen molar-refractivity contribution in [2.45, 2.75) is 6.42 Å². The summed E-state index contributed by atoms with van der Waals surface area (Å²) in [6.45, 7) is 0. The van der Waals surface area contributed by atoms with Crippen LogP contribution in [0.4, 0.5) is 0 Å². The van der Waals surface area contributed by atoms with Crippen molar-refractivity contribution in [3.63, 3.8) is 0 Å². The van der Waals surface area contributed by atoms with Crippen LogP contribution in [0, 0.1) is 0 Å². The Kier molecular flexibility index (Phi) is 5.35. The highest BCUT2D eigenvalue weighted by molar-refractivity contribution is 14.2. The molecule has 0 atom stereocenters. The zero-order valence-electron chi connectivity index (χ0n) is 12.3. The molecule has 0 saturated heterocycles. The predicted octanol–water partition coefficient (Wildman–Crippen LogP) is 4.88. The van der Waals surface area contributed by atoms with E-state index < -0.39 is 0 Å². The average Bonchev–Trinajstić information content (AvgIpc) is 3.09. The molecule has 1 aromatic carbocycles. The molecule has 0 amide bonds. The van der Waals surface area contributed by atoms with Crippen molar-refractivity contribution < 1.29 is 9.90 Å². The van der Waals surface area contributed by atoms with Crippen LogP contribution < -0.4 is 0 Å². The second-order valence-electron chi connectivity index (χ2n) is 5.01. The first kappa shape index (κ1) is 16.1. The van der Waals surface area contributed by atoms with Gasteiger partial charge in [0.05, 0.1) is 0 Å². The molecule has 1 aromatic heterocycles. The van der Waals surface area contributed by atoms with Gasteiger partial charge in [0.25, 0.3) is 0 Å². The van der Waals surface area contributed by atoms with Crippen molar-refractivity contribution in [2.24, 2.45) is 0 Å². The first-order chi connectivity index (χ1) is 11.2. The predicted molar refractivity (Wildman–Crippen MR) is 106 cm³/mol. The van der Waals surface area contributed by atoms with Gasteiger partial charge in [0, 0.05) is 20.4 Å². The molecule has 116 valence electrons. The maximum Gasteiger partial charge on any atom is 0.167 e. The smallest absolute Gasteiger partial charge is 0.167 e. The number of Topliss-reactive ketones (excluding diaryl/α,β-unsaturated/α-hetero) is 1. The number of carbonyl (C=O) groups is 1. The lowest BCUT2D eigenvalue weighted by molar-refractivity contribution is -0.114. The molecular formula is C19H15IO2S. The van der Waals surface area contributed by atoms with Crippen LogP contribution in [0.2, 0.25) is 0 Å². The Bertz CT molecular complexity index is 810. The quantitative estimate of drug-likeness (QED) is 0.682. The van der Waals surface area contributed by atoms with Gasteiger partial charge >= 0.3 is 0 Å².